The van der Waals surface area contributed by atoms with Crippen LogP contribution in [0.25, 0.3) is 0 Å². The molecule has 1 rings (SSSR count). The molecule has 0 heterocycles. The Balaban J connectivity index is 2.61. The van der Waals surface area contributed by atoms with E-state index in [4.69, 9.17) is 10.8 Å². The van der Waals surface area contributed by atoms with E-state index in [1.54, 1.807) is 0 Å². The van der Waals surface area contributed by atoms with E-state index in [0.29, 0.717) is 12.8 Å². The molecule has 0 saturated heterocycles. The molecule has 0 aromatic carbocycles. The molecule has 3 N–H and O–H groups in total. The minimum Gasteiger partial charge on any atom is -0.390 e. The summed E-state index contributed by atoms with van der Waals surface area (Å²) >= 11 is 0. The summed E-state index contributed by atoms with van der Waals surface area (Å²) in [5.41, 5.74) is 3.87. The zero-order valence-electron chi connectivity index (χ0n) is 5.61. The van der Waals surface area contributed by atoms with Crippen molar-refractivity contribution in [3.63, 3.8) is 0 Å². The molecular weight excluding hydrogens is 140 g/mol. The van der Waals surface area contributed by atoms with Gasteiger partial charge in [0.25, 0.3) is 5.92 Å². The molecule has 0 aromatic rings. The number of hydrogen-bond donors (Lipinski definition) is 2. The van der Waals surface area contributed by atoms with Gasteiger partial charge in [-0.15, -0.1) is 0 Å². The van der Waals surface area contributed by atoms with Crippen molar-refractivity contribution in [2.45, 2.75) is 30.7 Å². The molecule has 1 fully saturated rings. The van der Waals surface area contributed by atoms with Crippen molar-refractivity contribution < 1.29 is 13.9 Å². The molecule has 60 valence electrons. The molecule has 1 saturated carbocycles. The smallest absolute Gasteiger partial charge is 0.288 e. The summed E-state index contributed by atoms with van der Waals surface area (Å²) in [6.45, 7) is -1.14. The Morgan fingerprint density at radius 2 is 2.00 bits per heavy atom. The molecule has 0 bridgehead atoms. The van der Waals surface area contributed by atoms with Crippen molar-refractivity contribution in [2.24, 2.45) is 5.73 Å². The molecule has 0 radical (unpaired) electrons. The van der Waals surface area contributed by atoms with Gasteiger partial charge in [-0.2, -0.15) is 0 Å². The van der Waals surface area contributed by atoms with E-state index in [-0.39, 0.29) is 0 Å². The third-order valence-corrected chi connectivity index (χ3v) is 2.17. The summed E-state index contributed by atoms with van der Waals surface area (Å²) < 4.78 is 25.2. The highest BCUT2D eigenvalue weighted by molar-refractivity contribution is 5.03. The standard InChI is InChI=1S/C6H11F2NO/c7-6(8,4-10)5(9)2-1-3-5/h10H,1-4,9H2. The van der Waals surface area contributed by atoms with Gasteiger partial charge in [-0.25, -0.2) is 8.78 Å². The van der Waals surface area contributed by atoms with Gasteiger partial charge in [-0.3, -0.25) is 0 Å². The van der Waals surface area contributed by atoms with Gasteiger partial charge in [-0.1, -0.05) is 0 Å². The minimum absolute atomic E-state index is 0.320. The number of aliphatic hydroxyl groups is 1. The van der Waals surface area contributed by atoms with Gasteiger partial charge >= 0.3 is 0 Å². The van der Waals surface area contributed by atoms with E-state index >= 15 is 0 Å². The molecule has 4 heteroatoms. The predicted molar refractivity (Wildman–Crippen MR) is 32.8 cm³/mol. The number of nitrogens with two attached hydrogens (primary N) is 1. The van der Waals surface area contributed by atoms with Crippen LogP contribution in [0.1, 0.15) is 19.3 Å². The van der Waals surface area contributed by atoms with Crippen LogP contribution in [0.4, 0.5) is 8.78 Å². The van der Waals surface area contributed by atoms with Crippen LogP contribution >= 0.6 is 0 Å². The normalized spacial score (nSPS) is 24.0. The third kappa shape index (κ3) is 0.914. The fourth-order valence-electron chi connectivity index (χ4n) is 1.08. The van der Waals surface area contributed by atoms with E-state index < -0.39 is 18.1 Å². The maximum absolute atomic E-state index is 12.6. The highest BCUT2D eigenvalue weighted by Crippen LogP contribution is 2.41. The predicted octanol–water partition coefficient (Wildman–Crippen LogP) is 0.495. The zero-order valence-corrected chi connectivity index (χ0v) is 5.61. The minimum atomic E-state index is -3.09. The molecule has 0 spiro atoms. The molecule has 0 unspecified atom stereocenters. The van der Waals surface area contributed by atoms with E-state index in [0.717, 1.165) is 6.42 Å². The summed E-state index contributed by atoms with van der Waals surface area (Å²) in [6, 6.07) is 0. The Hall–Kier alpha value is -0.220. The van der Waals surface area contributed by atoms with Crippen molar-refractivity contribution in [1.29, 1.82) is 0 Å². The van der Waals surface area contributed by atoms with Gasteiger partial charge in [0.2, 0.25) is 0 Å². The largest absolute Gasteiger partial charge is 0.390 e. The summed E-state index contributed by atoms with van der Waals surface area (Å²) in [6.07, 6.45) is 1.38. The first-order valence-electron chi connectivity index (χ1n) is 3.29. The van der Waals surface area contributed by atoms with Crippen LogP contribution in [0, 0.1) is 0 Å². The third-order valence-electron chi connectivity index (χ3n) is 2.17. The lowest BCUT2D eigenvalue weighted by Gasteiger charge is -2.43. The number of hydrogen-bond acceptors (Lipinski definition) is 2. The molecular formula is C6H11F2NO. The zero-order chi connectivity index (χ0) is 7.83. The summed E-state index contributed by atoms with van der Waals surface area (Å²) in [5.74, 6) is -3.09. The average Bonchev–Trinajstić information content (AvgIpc) is 1.82. The van der Waals surface area contributed by atoms with Crippen LogP contribution < -0.4 is 5.73 Å². The SMILES string of the molecule is NC1(C(F)(F)CO)CCC1. The second-order valence-electron chi connectivity index (χ2n) is 2.87. The van der Waals surface area contributed by atoms with Crippen LogP contribution in [0.15, 0.2) is 0 Å². The van der Waals surface area contributed by atoms with Crippen LogP contribution in [-0.2, 0) is 0 Å². The van der Waals surface area contributed by atoms with E-state index in [1.165, 1.54) is 0 Å². The van der Waals surface area contributed by atoms with Crippen molar-refractivity contribution in [3.05, 3.63) is 0 Å². The van der Waals surface area contributed by atoms with Crippen molar-refractivity contribution in [3.8, 4) is 0 Å². The monoisotopic (exact) mass is 151 g/mol. The van der Waals surface area contributed by atoms with Gasteiger partial charge < -0.3 is 10.8 Å². The lowest BCUT2D eigenvalue weighted by atomic mass is 9.73. The highest BCUT2D eigenvalue weighted by atomic mass is 19.3. The lowest BCUT2D eigenvalue weighted by Crippen LogP contribution is -2.61. The summed E-state index contributed by atoms with van der Waals surface area (Å²) in [7, 11) is 0. The maximum Gasteiger partial charge on any atom is 0.288 e. The van der Waals surface area contributed by atoms with Gasteiger partial charge in [0.1, 0.15) is 6.61 Å². The molecule has 1 aliphatic rings. The first-order valence-corrected chi connectivity index (χ1v) is 3.29. The summed E-state index contributed by atoms with van der Waals surface area (Å²) in [5, 5.41) is 8.26. The van der Waals surface area contributed by atoms with E-state index in [1.807, 2.05) is 0 Å². The molecule has 10 heavy (non-hydrogen) atoms. The van der Waals surface area contributed by atoms with E-state index in [2.05, 4.69) is 0 Å². The van der Waals surface area contributed by atoms with Gasteiger partial charge in [-0.05, 0) is 19.3 Å². The van der Waals surface area contributed by atoms with Crippen LogP contribution in [-0.4, -0.2) is 23.2 Å². The van der Waals surface area contributed by atoms with Crippen LogP contribution in [0.2, 0.25) is 0 Å². The van der Waals surface area contributed by atoms with Crippen LogP contribution in [0.5, 0.6) is 0 Å². The van der Waals surface area contributed by atoms with Gasteiger partial charge in [0.05, 0.1) is 5.54 Å². The first-order chi connectivity index (χ1) is 4.52. The molecule has 0 amide bonds. The lowest BCUT2D eigenvalue weighted by molar-refractivity contribution is -0.136. The second-order valence-corrected chi connectivity index (χ2v) is 2.87. The fourth-order valence-corrected chi connectivity index (χ4v) is 1.08. The number of aliphatic hydroxyl groups excluding tert-OH is 1. The number of halogens is 2. The fraction of sp³-hybridized carbons (Fsp3) is 1.00. The van der Waals surface area contributed by atoms with Gasteiger partial charge in [0, 0.05) is 0 Å². The van der Waals surface area contributed by atoms with E-state index in [9.17, 15) is 8.78 Å². The molecule has 0 aliphatic heterocycles. The molecule has 2 nitrogen and oxygen atoms in total. The van der Waals surface area contributed by atoms with Crippen molar-refractivity contribution >= 4 is 0 Å². The van der Waals surface area contributed by atoms with Crippen molar-refractivity contribution in [2.75, 3.05) is 6.61 Å². The molecule has 0 atom stereocenters. The highest BCUT2D eigenvalue weighted by Gasteiger charge is 2.53. The Morgan fingerprint density at radius 1 is 1.50 bits per heavy atom. The van der Waals surface area contributed by atoms with Crippen molar-refractivity contribution in [1.82, 2.24) is 0 Å². The second kappa shape index (κ2) is 2.13. The quantitative estimate of drug-likeness (QED) is 0.603. The first kappa shape index (κ1) is 7.88. The number of rotatable bonds is 2. The topological polar surface area (TPSA) is 46.2 Å². The average molecular weight is 151 g/mol. The molecule has 0 aromatic heterocycles. The Bertz CT molecular complexity index is 124. The Labute approximate surface area is 58.0 Å². The number of alkyl halides is 2. The molecule has 1 aliphatic carbocycles. The summed E-state index contributed by atoms with van der Waals surface area (Å²) in [4.78, 5) is 0. The Morgan fingerprint density at radius 3 is 2.10 bits per heavy atom. The van der Waals surface area contributed by atoms with Gasteiger partial charge in [0.15, 0.2) is 0 Å². The maximum atomic E-state index is 12.6. The Kier molecular flexibility index (Phi) is 1.68. The van der Waals surface area contributed by atoms with Crippen LogP contribution in [0.3, 0.4) is 0 Å².